The molecule has 0 bridgehead atoms. The SMILES string of the molecule is CCNCC1(c2cccc(Br)c2)CCCC1C. The van der Waals surface area contributed by atoms with Crippen LogP contribution in [0.15, 0.2) is 28.7 Å². The van der Waals surface area contributed by atoms with Gasteiger partial charge >= 0.3 is 0 Å². The minimum absolute atomic E-state index is 0.347. The number of likely N-dealkylation sites (N-methyl/N-ethyl adjacent to an activating group) is 1. The first-order chi connectivity index (χ1) is 8.19. The van der Waals surface area contributed by atoms with E-state index in [0.717, 1.165) is 19.0 Å². The number of hydrogen-bond donors (Lipinski definition) is 1. The maximum Gasteiger partial charge on any atom is 0.0178 e. The van der Waals surface area contributed by atoms with Crippen LogP contribution >= 0.6 is 15.9 Å². The molecule has 0 heterocycles. The van der Waals surface area contributed by atoms with E-state index in [1.54, 1.807) is 0 Å². The van der Waals surface area contributed by atoms with E-state index in [2.05, 4.69) is 59.4 Å². The number of benzene rings is 1. The first kappa shape index (κ1) is 13.1. The Morgan fingerprint density at radius 1 is 1.47 bits per heavy atom. The normalized spacial score (nSPS) is 28.5. The summed E-state index contributed by atoms with van der Waals surface area (Å²) in [5.41, 5.74) is 1.85. The van der Waals surface area contributed by atoms with E-state index >= 15 is 0 Å². The number of halogens is 1. The predicted octanol–water partition coefficient (Wildman–Crippen LogP) is 4.12. The van der Waals surface area contributed by atoms with Crippen molar-refractivity contribution in [3.8, 4) is 0 Å². The molecule has 0 aliphatic heterocycles. The zero-order chi connectivity index (χ0) is 12.3. The van der Waals surface area contributed by atoms with Crippen LogP contribution in [0.4, 0.5) is 0 Å². The standard InChI is InChI=1S/C15H22BrN/c1-3-17-11-15(9-5-6-12(15)2)13-7-4-8-14(16)10-13/h4,7-8,10,12,17H,3,5-6,9,11H2,1-2H3. The molecule has 2 heteroatoms. The van der Waals surface area contributed by atoms with Crippen molar-refractivity contribution in [3.63, 3.8) is 0 Å². The van der Waals surface area contributed by atoms with Gasteiger partial charge in [0.05, 0.1) is 0 Å². The Morgan fingerprint density at radius 3 is 2.88 bits per heavy atom. The second-order valence-corrected chi connectivity index (χ2v) is 6.16. The molecule has 1 aromatic rings. The molecule has 1 saturated carbocycles. The first-order valence-electron chi connectivity index (χ1n) is 6.66. The van der Waals surface area contributed by atoms with Gasteiger partial charge in [-0.2, -0.15) is 0 Å². The summed E-state index contributed by atoms with van der Waals surface area (Å²) in [6.45, 7) is 6.77. The van der Waals surface area contributed by atoms with Gasteiger partial charge in [-0.3, -0.25) is 0 Å². The number of nitrogens with one attached hydrogen (secondary N) is 1. The maximum atomic E-state index is 3.60. The van der Waals surface area contributed by atoms with E-state index in [1.807, 2.05) is 0 Å². The zero-order valence-corrected chi connectivity index (χ0v) is 12.4. The summed E-state index contributed by atoms with van der Waals surface area (Å²) in [5, 5.41) is 3.56. The third-order valence-corrected chi connectivity index (χ3v) is 4.79. The summed E-state index contributed by atoms with van der Waals surface area (Å²) in [4.78, 5) is 0. The van der Waals surface area contributed by atoms with Crippen LogP contribution in [0.5, 0.6) is 0 Å². The predicted molar refractivity (Wildman–Crippen MR) is 77.4 cm³/mol. The average Bonchev–Trinajstić information content (AvgIpc) is 2.69. The molecular formula is C15H22BrN. The van der Waals surface area contributed by atoms with Crippen molar-refractivity contribution in [2.45, 2.75) is 38.5 Å². The lowest BCUT2D eigenvalue weighted by Crippen LogP contribution is -2.40. The van der Waals surface area contributed by atoms with Crippen molar-refractivity contribution >= 4 is 15.9 Å². The van der Waals surface area contributed by atoms with Crippen LogP contribution < -0.4 is 5.32 Å². The van der Waals surface area contributed by atoms with Crippen LogP contribution in [-0.2, 0) is 5.41 Å². The molecule has 0 aromatic heterocycles. The van der Waals surface area contributed by atoms with E-state index in [1.165, 1.54) is 29.3 Å². The summed E-state index contributed by atoms with van der Waals surface area (Å²) in [7, 11) is 0. The van der Waals surface area contributed by atoms with Crippen LogP contribution in [0.3, 0.4) is 0 Å². The quantitative estimate of drug-likeness (QED) is 0.881. The largest absolute Gasteiger partial charge is 0.316 e. The summed E-state index contributed by atoms with van der Waals surface area (Å²) >= 11 is 3.60. The number of rotatable bonds is 4. The lowest BCUT2D eigenvalue weighted by atomic mass is 9.73. The van der Waals surface area contributed by atoms with E-state index in [0.29, 0.717) is 5.41 Å². The van der Waals surface area contributed by atoms with Gasteiger partial charge in [-0.15, -0.1) is 0 Å². The van der Waals surface area contributed by atoms with E-state index in [4.69, 9.17) is 0 Å². The Hall–Kier alpha value is -0.340. The molecule has 1 fully saturated rings. The highest BCUT2D eigenvalue weighted by Gasteiger charge is 2.41. The lowest BCUT2D eigenvalue weighted by Gasteiger charge is -2.35. The first-order valence-corrected chi connectivity index (χ1v) is 7.45. The van der Waals surface area contributed by atoms with E-state index < -0.39 is 0 Å². The molecule has 0 radical (unpaired) electrons. The van der Waals surface area contributed by atoms with Gasteiger partial charge in [-0.1, -0.05) is 48.3 Å². The fourth-order valence-electron chi connectivity index (χ4n) is 3.19. The summed E-state index contributed by atoms with van der Waals surface area (Å²) < 4.78 is 1.20. The van der Waals surface area contributed by atoms with Crippen LogP contribution in [0.1, 0.15) is 38.7 Å². The van der Waals surface area contributed by atoms with Crippen molar-refractivity contribution in [1.82, 2.24) is 5.32 Å². The van der Waals surface area contributed by atoms with E-state index in [-0.39, 0.29) is 0 Å². The molecular weight excluding hydrogens is 274 g/mol. The Bertz CT molecular complexity index is 377. The fourth-order valence-corrected chi connectivity index (χ4v) is 3.59. The molecule has 1 N–H and O–H groups in total. The topological polar surface area (TPSA) is 12.0 Å². The summed E-state index contributed by atoms with van der Waals surface area (Å²) in [6, 6.07) is 8.88. The van der Waals surface area contributed by atoms with Gasteiger partial charge < -0.3 is 5.32 Å². The second-order valence-electron chi connectivity index (χ2n) is 5.24. The molecule has 0 amide bonds. The lowest BCUT2D eigenvalue weighted by molar-refractivity contribution is 0.320. The van der Waals surface area contributed by atoms with Gasteiger partial charge in [0, 0.05) is 16.4 Å². The minimum atomic E-state index is 0.347. The third kappa shape index (κ3) is 2.58. The molecule has 2 atom stereocenters. The van der Waals surface area contributed by atoms with Gasteiger partial charge in [0.15, 0.2) is 0 Å². The molecule has 1 aliphatic rings. The smallest absolute Gasteiger partial charge is 0.0178 e. The van der Waals surface area contributed by atoms with Crippen molar-refractivity contribution < 1.29 is 0 Å². The Balaban J connectivity index is 2.32. The third-order valence-electron chi connectivity index (χ3n) is 4.29. The highest BCUT2D eigenvalue weighted by atomic mass is 79.9. The second kappa shape index (κ2) is 5.53. The summed E-state index contributed by atoms with van der Waals surface area (Å²) in [6.07, 6.45) is 4.04. The molecule has 1 aliphatic carbocycles. The van der Waals surface area contributed by atoms with Gasteiger partial charge in [0.25, 0.3) is 0 Å². The van der Waals surface area contributed by atoms with Crippen LogP contribution in [-0.4, -0.2) is 13.1 Å². The Labute approximate surface area is 113 Å². The molecule has 1 aromatic carbocycles. The van der Waals surface area contributed by atoms with Crippen molar-refractivity contribution in [1.29, 1.82) is 0 Å². The Morgan fingerprint density at radius 2 is 2.29 bits per heavy atom. The van der Waals surface area contributed by atoms with Gasteiger partial charge in [-0.25, -0.2) is 0 Å². The van der Waals surface area contributed by atoms with Gasteiger partial charge in [0.2, 0.25) is 0 Å². The van der Waals surface area contributed by atoms with E-state index in [9.17, 15) is 0 Å². The van der Waals surface area contributed by atoms with Crippen LogP contribution in [0.25, 0.3) is 0 Å². The monoisotopic (exact) mass is 295 g/mol. The Kier molecular flexibility index (Phi) is 4.26. The van der Waals surface area contributed by atoms with Crippen LogP contribution in [0.2, 0.25) is 0 Å². The minimum Gasteiger partial charge on any atom is -0.316 e. The molecule has 17 heavy (non-hydrogen) atoms. The fraction of sp³-hybridized carbons (Fsp3) is 0.600. The highest BCUT2D eigenvalue weighted by molar-refractivity contribution is 9.10. The molecule has 94 valence electrons. The summed E-state index contributed by atoms with van der Waals surface area (Å²) in [5.74, 6) is 0.774. The van der Waals surface area contributed by atoms with Crippen molar-refractivity contribution in [2.75, 3.05) is 13.1 Å². The van der Waals surface area contributed by atoms with Crippen molar-refractivity contribution in [2.24, 2.45) is 5.92 Å². The number of hydrogen-bond acceptors (Lipinski definition) is 1. The average molecular weight is 296 g/mol. The van der Waals surface area contributed by atoms with Crippen molar-refractivity contribution in [3.05, 3.63) is 34.3 Å². The van der Waals surface area contributed by atoms with Crippen LogP contribution in [0, 0.1) is 5.92 Å². The molecule has 1 nitrogen and oxygen atoms in total. The zero-order valence-electron chi connectivity index (χ0n) is 10.8. The molecule has 0 saturated heterocycles. The van der Waals surface area contributed by atoms with Gasteiger partial charge in [0.1, 0.15) is 0 Å². The molecule has 0 spiro atoms. The molecule has 2 unspecified atom stereocenters. The highest BCUT2D eigenvalue weighted by Crippen LogP contribution is 2.45. The van der Waals surface area contributed by atoms with Gasteiger partial charge in [-0.05, 0) is 43.0 Å². The maximum absolute atomic E-state index is 3.60. The molecule has 2 rings (SSSR count).